The second-order valence-electron chi connectivity index (χ2n) is 4.26. The number of nitrogens with one attached hydrogen (secondary N) is 1. The molecule has 2 rings (SSSR count). The van der Waals surface area contributed by atoms with E-state index in [1.54, 1.807) is 18.2 Å². The molecule has 0 unspecified atom stereocenters. The summed E-state index contributed by atoms with van der Waals surface area (Å²) in [5, 5.41) is 3.13. The summed E-state index contributed by atoms with van der Waals surface area (Å²) < 4.78 is 18.7. The standard InChI is InChI=1S/C15H10ClFINO3/c1-22-15(21)11-7-9(3-5-12(11)17)19-14(20)10-4-2-8(16)6-13(10)18/h2-7H,1H3,(H,19,20). The summed E-state index contributed by atoms with van der Waals surface area (Å²) in [5.74, 6) is -1.91. The number of hydrogen-bond acceptors (Lipinski definition) is 3. The van der Waals surface area contributed by atoms with Crippen LogP contribution in [0.2, 0.25) is 5.02 Å². The van der Waals surface area contributed by atoms with Gasteiger partial charge in [0.1, 0.15) is 5.82 Å². The van der Waals surface area contributed by atoms with E-state index in [0.717, 1.165) is 13.2 Å². The molecule has 0 aromatic heterocycles. The average Bonchev–Trinajstić information content (AvgIpc) is 2.48. The van der Waals surface area contributed by atoms with Crippen LogP contribution in [0.5, 0.6) is 0 Å². The molecule has 2 aromatic rings. The Bertz CT molecular complexity index is 752. The summed E-state index contributed by atoms with van der Waals surface area (Å²) in [4.78, 5) is 23.7. The van der Waals surface area contributed by atoms with E-state index in [-0.39, 0.29) is 17.2 Å². The quantitative estimate of drug-likeness (QED) is 0.585. The third-order valence-corrected chi connectivity index (χ3v) is 3.93. The van der Waals surface area contributed by atoms with Crippen LogP contribution in [-0.4, -0.2) is 19.0 Å². The maximum atomic E-state index is 13.5. The van der Waals surface area contributed by atoms with Crippen molar-refractivity contribution in [2.24, 2.45) is 0 Å². The van der Waals surface area contributed by atoms with E-state index in [1.807, 2.05) is 22.6 Å². The first-order chi connectivity index (χ1) is 10.4. The predicted molar refractivity (Wildman–Crippen MR) is 89.9 cm³/mol. The van der Waals surface area contributed by atoms with E-state index >= 15 is 0 Å². The van der Waals surface area contributed by atoms with Gasteiger partial charge in [-0.3, -0.25) is 4.79 Å². The lowest BCUT2D eigenvalue weighted by molar-refractivity contribution is 0.0595. The number of rotatable bonds is 3. The van der Waals surface area contributed by atoms with Crippen molar-refractivity contribution in [2.75, 3.05) is 12.4 Å². The van der Waals surface area contributed by atoms with Crippen LogP contribution in [0.25, 0.3) is 0 Å². The van der Waals surface area contributed by atoms with Gasteiger partial charge in [0.15, 0.2) is 0 Å². The van der Waals surface area contributed by atoms with Crippen molar-refractivity contribution in [3.63, 3.8) is 0 Å². The predicted octanol–water partition coefficient (Wildman–Crippen LogP) is 4.12. The number of methoxy groups -OCH3 is 1. The molecule has 0 atom stereocenters. The molecule has 0 fully saturated rings. The number of amides is 1. The molecule has 2 aromatic carbocycles. The lowest BCUT2D eigenvalue weighted by Crippen LogP contribution is -2.14. The van der Waals surface area contributed by atoms with Crippen LogP contribution in [0.4, 0.5) is 10.1 Å². The van der Waals surface area contributed by atoms with Gasteiger partial charge in [0.05, 0.1) is 18.2 Å². The molecule has 0 aliphatic heterocycles. The van der Waals surface area contributed by atoms with E-state index in [1.165, 1.54) is 12.1 Å². The number of carbonyl (C=O) groups is 2. The van der Waals surface area contributed by atoms with Crippen LogP contribution >= 0.6 is 34.2 Å². The van der Waals surface area contributed by atoms with Crippen LogP contribution in [-0.2, 0) is 4.74 Å². The van der Waals surface area contributed by atoms with E-state index in [2.05, 4.69) is 10.1 Å². The van der Waals surface area contributed by atoms with Crippen molar-refractivity contribution in [1.82, 2.24) is 0 Å². The maximum absolute atomic E-state index is 13.5. The van der Waals surface area contributed by atoms with Crippen LogP contribution in [0.1, 0.15) is 20.7 Å². The molecule has 0 bridgehead atoms. The highest BCUT2D eigenvalue weighted by Gasteiger charge is 2.15. The fraction of sp³-hybridized carbons (Fsp3) is 0.0667. The van der Waals surface area contributed by atoms with Crippen molar-refractivity contribution in [3.05, 3.63) is 61.9 Å². The number of carbonyl (C=O) groups excluding carboxylic acids is 2. The number of anilines is 1. The largest absolute Gasteiger partial charge is 0.465 e. The minimum absolute atomic E-state index is 0.244. The Kier molecular flexibility index (Phi) is 5.36. The van der Waals surface area contributed by atoms with Gasteiger partial charge in [-0.25, -0.2) is 9.18 Å². The summed E-state index contributed by atoms with van der Waals surface area (Å²) in [5.41, 5.74) is 0.470. The highest BCUT2D eigenvalue weighted by molar-refractivity contribution is 14.1. The number of benzene rings is 2. The van der Waals surface area contributed by atoms with E-state index in [4.69, 9.17) is 11.6 Å². The topological polar surface area (TPSA) is 55.4 Å². The van der Waals surface area contributed by atoms with Crippen molar-refractivity contribution in [3.8, 4) is 0 Å². The molecular weight excluding hydrogens is 424 g/mol. The molecule has 0 spiro atoms. The van der Waals surface area contributed by atoms with E-state index < -0.39 is 11.8 Å². The smallest absolute Gasteiger partial charge is 0.340 e. The molecule has 0 aliphatic rings. The van der Waals surface area contributed by atoms with Gasteiger partial charge < -0.3 is 10.1 Å². The van der Waals surface area contributed by atoms with Crippen molar-refractivity contribution >= 4 is 51.8 Å². The zero-order valence-corrected chi connectivity index (χ0v) is 14.2. The molecule has 22 heavy (non-hydrogen) atoms. The number of halogens is 3. The highest BCUT2D eigenvalue weighted by atomic mass is 127. The van der Waals surface area contributed by atoms with Gasteiger partial charge >= 0.3 is 5.97 Å². The van der Waals surface area contributed by atoms with Gasteiger partial charge in [-0.1, -0.05) is 11.6 Å². The molecule has 0 saturated carbocycles. The van der Waals surface area contributed by atoms with Gasteiger partial charge in [0.25, 0.3) is 5.91 Å². The Labute approximate surface area is 144 Å². The summed E-state index contributed by atoms with van der Waals surface area (Å²) in [6.07, 6.45) is 0. The summed E-state index contributed by atoms with van der Waals surface area (Å²) in [6.45, 7) is 0. The number of hydrogen-bond donors (Lipinski definition) is 1. The maximum Gasteiger partial charge on any atom is 0.340 e. The third kappa shape index (κ3) is 3.75. The summed E-state index contributed by atoms with van der Waals surface area (Å²) in [6, 6.07) is 8.52. The van der Waals surface area contributed by atoms with Crippen LogP contribution in [0, 0.1) is 9.39 Å². The van der Waals surface area contributed by atoms with Crippen molar-refractivity contribution < 1.29 is 18.7 Å². The molecule has 0 heterocycles. The second-order valence-corrected chi connectivity index (χ2v) is 5.86. The van der Waals surface area contributed by atoms with Gasteiger partial charge in [-0.05, 0) is 59.0 Å². The van der Waals surface area contributed by atoms with Gasteiger partial charge in [0.2, 0.25) is 0 Å². The normalized spacial score (nSPS) is 10.2. The molecule has 1 amide bonds. The highest BCUT2D eigenvalue weighted by Crippen LogP contribution is 2.21. The summed E-state index contributed by atoms with van der Waals surface area (Å²) in [7, 11) is 1.16. The van der Waals surface area contributed by atoms with Gasteiger partial charge in [0, 0.05) is 14.3 Å². The minimum atomic E-state index is -0.810. The second kappa shape index (κ2) is 7.06. The molecular formula is C15H10ClFINO3. The lowest BCUT2D eigenvalue weighted by atomic mass is 10.1. The molecule has 1 N–H and O–H groups in total. The lowest BCUT2D eigenvalue weighted by Gasteiger charge is -2.09. The Morgan fingerprint density at radius 2 is 1.91 bits per heavy atom. The van der Waals surface area contributed by atoms with Crippen LogP contribution in [0.15, 0.2) is 36.4 Å². The van der Waals surface area contributed by atoms with Gasteiger partial charge in [-0.2, -0.15) is 0 Å². The zero-order chi connectivity index (χ0) is 16.3. The molecule has 0 saturated heterocycles. The number of ether oxygens (including phenoxy) is 1. The molecule has 114 valence electrons. The van der Waals surface area contributed by atoms with Crippen molar-refractivity contribution in [2.45, 2.75) is 0 Å². The monoisotopic (exact) mass is 433 g/mol. The molecule has 0 radical (unpaired) electrons. The molecule has 4 nitrogen and oxygen atoms in total. The fourth-order valence-corrected chi connectivity index (χ4v) is 2.86. The fourth-order valence-electron chi connectivity index (χ4n) is 1.74. The van der Waals surface area contributed by atoms with E-state index in [9.17, 15) is 14.0 Å². The Balaban J connectivity index is 2.27. The van der Waals surface area contributed by atoms with Crippen LogP contribution < -0.4 is 5.32 Å². The number of esters is 1. The van der Waals surface area contributed by atoms with Gasteiger partial charge in [-0.15, -0.1) is 0 Å². The minimum Gasteiger partial charge on any atom is -0.465 e. The third-order valence-electron chi connectivity index (χ3n) is 2.81. The first-order valence-electron chi connectivity index (χ1n) is 6.06. The molecule has 7 heteroatoms. The van der Waals surface area contributed by atoms with Crippen LogP contribution in [0.3, 0.4) is 0 Å². The summed E-state index contributed by atoms with van der Waals surface area (Å²) >= 11 is 7.83. The average molecular weight is 434 g/mol. The SMILES string of the molecule is COC(=O)c1cc(NC(=O)c2ccc(Cl)cc2I)ccc1F. The Hall–Kier alpha value is -1.67. The van der Waals surface area contributed by atoms with Crippen molar-refractivity contribution in [1.29, 1.82) is 0 Å². The zero-order valence-electron chi connectivity index (χ0n) is 11.3. The molecule has 0 aliphatic carbocycles. The van der Waals surface area contributed by atoms with E-state index in [0.29, 0.717) is 14.2 Å². The first kappa shape index (κ1) is 16.7. The Morgan fingerprint density at radius 3 is 2.55 bits per heavy atom. The first-order valence-corrected chi connectivity index (χ1v) is 7.52. The Morgan fingerprint density at radius 1 is 1.18 bits per heavy atom.